The van der Waals surface area contributed by atoms with Crippen LogP contribution in [0.1, 0.15) is 5.56 Å². The fourth-order valence-electron chi connectivity index (χ4n) is 1.94. The molecule has 0 radical (unpaired) electrons. The molecule has 0 aliphatic carbocycles. The summed E-state index contributed by atoms with van der Waals surface area (Å²) in [6.07, 6.45) is 0. The van der Waals surface area contributed by atoms with Crippen LogP contribution in [0.5, 0.6) is 5.75 Å². The quantitative estimate of drug-likeness (QED) is 0.795. The monoisotopic (exact) mass is 357 g/mol. The van der Waals surface area contributed by atoms with Crippen molar-refractivity contribution in [2.45, 2.75) is 11.8 Å². The van der Waals surface area contributed by atoms with E-state index in [9.17, 15) is 12.8 Å². The summed E-state index contributed by atoms with van der Waals surface area (Å²) in [5.74, 6) is 0.0549. The van der Waals surface area contributed by atoms with Gasteiger partial charge in [-0.2, -0.15) is 4.31 Å². The topological polar surface area (TPSA) is 46.6 Å². The third kappa shape index (κ3) is 4.22. The van der Waals surface area contributed by atoms with Crippen LogP contribution in [-0.2, 0) is 10.0 Å². The lowest BCUT2D eigenvalue weighted by Crippen LogP contribution is -2.31. The number of nitrogens with zero attached hydrogens (tertiary/aromatic N) is 1. The highest BCUT2D eigenvalue weighted by atomic mass is 35.5. The molecule has 23 heavy (non-hydrogen) atoms. The van der Waals surface area contributed by atoms with Gasteiger partial charge >= 0.3 is 0 Å². The first-order valence-electron chi connectivity index (χ1n) is 6.92. The van der Waals surface area contributed by atoms with Crippen LogP contribution in [0, 0.1) is 12.7 Å². The number of hydrogen-bond donors (Lipinski definition) is 0. The largest absolute Gasteiger partial charge is 0.492 e. The lowest BCUT2D eigenvalue weighted by molar-refractivity contribution is 0.285. The van der Waals surface area contributed by atoms with E-state index in [0.717, 1.165) is 22.0 Å². The van der Waals surface area contributed by atoms with Crippen molar-refractivity contribution >= 4 is 21.6 Å². The van der Waals surface area contributed by atoms with Crippen molar-refractivity contribution in [3.05, 3.63) is 58.9 Å². The van der Waals surface area contributed by atoms with Gasteiger partial charge in [-0.15, -0.1) is 0 Å². The van der Waals surface area contributed by atoms with Crippen LogP contribution in [-0.4, -0.2) is 32.9 Å². The van der Waals surface area contributed by atoms with E-state index >= 15 is 0 Å². The molecule has 0 spiro atoms. The van der Waals surface area contributed by atoms with Gasteiger partial charge in [-0.1, -0.05) is 29.8 Å². The molecule has 0 amide bonds. The first-order chi connectivity index (χ1) is 10.8. The summed E-state index contributed by atoms with van der Waals surface area (Å²) in [5, 5.41) is -0.226. The Balaban J connectivity index is 2.03. The molecule has 2 rings (SSSR count). The summed E-state index contributed by atoms with van der Waals surface area (Å²) >= 11 is 5.64. The Morgan fingerprint density at radius 1 is 1.22 bits per heavy atom. The van der Waals surface area contributed by atoms with Crippen LogP contribution in [0.4, 0.5) is 4.39 Å². The number of benzene rings is 2. The Morgan fingerprint density at radius 2 is 1.91 bits per heavy atom. The molecule has 7 heteroatoms. The van der Waals surface area contributed by atoms with Crippen LogP contribution >= 0.6 is 11.6 Å². The molecule has 124 valence electrons. The number of rotatable bonds is 6. The van der Waals surface area contributed by atoms with E-state index in [1.54, 1.807) is 0 Å². The zero-order valence-corrected chi connectivity index (χ0v) is 14.4. The number of sulfonamides is 1. The van der Waals surface area contributed by atoms with E-state index in [1.165, 1.54) is 13.1 Å². The van der Waals surface area contributed by atoms with Gasteiger partial charge in [-0.3, -0.25) is 0 Å². The molecule has 2 aromatic rings. The van der Waals surface area contributed by atoms with Crippen LogP contribution in [0.15, 0.2) is 47.4 Å². The van der Waals surface area contributed by atoms with Crippen molar-refractivity contribution in [1.29, 1.82) is 0 Å². The molecule has 0 bridgehead atoms. The van der Waals surface area contributed by atoms with Crippen LogP contribution in [0.3, 0.4) is 0 Å². The highest BCUT2D eigenvalue weighted by Crippen LogP contribution is 2.22. The lowest BCUT2D eigenvalue weighted by atomic mass is 10.2. The highest BCUT2D eigenvalue weighted by Gasteiger charge is 2.21. The van der Waals surface area contributed by atoms with E-state index in [0.29, 0.717) is 5.75 Å². The average molecular weight is 358 g/mol. The highest BCUT2D eigenvalue weighted by molar-refractivity contribution is 7.89. The molecule has 0 saturated heterocycles. The van der Waals surface area contributed by atoms with E-state index < -0.39 is 15.8 Å². The Morgan fingerprint density at radius 3 is 2.57 bits per heavy atom. The van der Waals surface area contributed by atoms with Gasteiger partial charge in [0.15, 0.2) is 0 Å². The van der Waals surface area contributed by atoms with Gasteiger partial charge in [-0.25, -0.2) is 12.8 Å². The maximum atomic E-state index is 13.2. The standard InChI is InChI=1S/C16H17ClFNO3S/c1-12-5-3-4-6-16(12)22-10-9-19(2)23(20,21)13-7-8-15(18)14(17)11-13/h3-8,11H,9-10H2,1-2H3. The molecule has 0 unspecified atom stereocenters. The normalized spacial score (nSPS) is 11.7. The molecule has 0 N–H and O–H groups in total. The zero-order chi connectivity index (χ0) is 17.0. The van der Waals surface area contributed by atoms with Crippen molar-refractivity contribution in [2.24, 2.45) is 0 Å². The van der Waals surface area contributed by atoms with Crippen molar-refractivity contribution < 1.29 is 17.5 Å². The van der Waals surface area contributed by atoms with Crippen LogP contribution in [0.2, 0.25) is 5.02 Å². The van der Waals surface area contributed by atoms with E-state index in [1.807, 2.05) is 31.2 Å². The molecule has 0 aliphatic rings. The van der Waals surface area contributed by atoms with Gasteiger partial charge in [0.05, 0.1) is 9.92 Å². The number of likely N-dealkylation sites (N-methyl/N-ethyl adjacent to an activating group) is 1. The second-order valence-corrected chi connectivity index (χ2v) is 7.47. The molecule has 0 aromatic heterocycles. The SMILES string of the molecule is Cc1ccccc1OCCN(C)S(=O)(=O)c1ccc(F)c(Cl)c1. The fraction of sp³-hybridized carbons (Fsp3) is 0.250. The Labute approximate surface area is 140 Å². The first-order valence-corrected chi connectivity index (χ1v) is 8.74. The predicted molar refractivity (Wildman–Crippen MR) is 87.9 cm³/mol. The van der Waals surface area contributed by atoms with Gasteiger partial charge in [0.1, 0.15) is 18.2 Å². The van der Waals surface area contributed by atoms with Crippen LogP contribution in [0.25, 0.3) is 0 Å². The lowest BCUT2D eigenvalue weighted by Gasteiger charge is -2.18. The summed E-state index contributed by atoms with van der Waals surface area (Å²) < 4.78 is 44.7. The number of ether oxygens (including phenoxy) is 1. The number of aryl methyl sites for hydroxylation is 1. The molecular formula is C16H17ClFNO3S. The van der Waals surface area contributed by atoms with Crippen molar-refractivity contribution in [3.63, 3.8) is 0 Å². The van der Waals surface area contributed by atoms with Crippen molar-refractivity contribution in [3.8, 4) is 5.75 Å². The second-order valence-electron chi connectivity index (χ2n) is 5.02. The molecule has 0 saturated carbocycles. The Bertz CT molecular complexity index is 796. The van der Waals surface area contributed by atoms with E-state index in [-0.39, 0.29) is 23.1 Å². The summed E-state index contributed by atoms with van der Waals surface area (Å²) in [5.41, 5.74) is 0.975. The molecule has 4 nitrogen and oxygen atoms in total. The van der Waals surface area contributed by atoms with Gasteiger partial charge in [-0.05, 0) is 36.8 Å². The van der Waals surface area contributed by atoms with Gasteiger partial charge in [0, 0.05) is 13.6 Å². The maximum absolute atomic E-state index is 13.2. The van der Waals surface area contributed by atoms with Gasteiger partial charge in [0.25, 0.3) is 0 Å². The molecule has 0 heterocycles. The minimum atomic E-state index is -3.74. The maximum Gasteiger partial charge on any atom is 0.242 e. The third-order valence-corrected chi connectivity index (χ3v) is 5.50. The molecular weight excluding hydrogens is 341 g/mol. The minimum Gasteiger partial charge on any atom is -0.492 e. The number of halogens is 2. The molecule has 0 atom stereocenters. The predicted octanol–water partition coefficient (Wildman–Crippen LogP) is 3.49. The average Bonchev–Trinajstić information content (AvgIpc) is 2.51. The molecule has 0 fully saturated rings. The molecule has 0 aliphatic heterocycles. The number of para-hydroxylation sites is 1. The first kappa shape index (κ1) is 17.7. The minimum absolute atomic E-state index is 0.0534. The summed E-state index contributed by atoms with van der Waals surface area (Å²) in [4.78, 5) is -0.0534. The summed E-state index contributed by atoms with van der Waals surface area (Å²) in [7, 11) is -2.30. The van der Waals surface area contributed by atoms with Crippen molar-refractivity contribution in [1.82, 2.24) is 4.31 Å². The van der Waals surface area contributed by atoms with Gasteiger partial charge in [0.2, 0.25) is 10.0 Å². The summed E-state index contributed by atoms with van der Waals surface area (Å²) in [6, 6.07) is 10.8. The van der Waals surface area contributed by atoms with Crippen molar-refractivity contribution in [2.75, 3.05) is 20.2 Å². The Hall–Kier alpha value is -1.63. The van der Waals surface area contributed by atoms with E-state index in [2.05, 4.69) is 0 Å². The number of hydrogen-bond acceptors (Lipinski definition) is 3. The fourth-order valence-corrected chi connectivity index (χ4v) is 3.37. The smallest absolute Gasteiger partial charge is 0.242 e. The Kier molecular flexibility index (Phi) is 5.62. The second kappa shape index (κ2) is 7.29. The van der Waals surface area contributed by atoms with Gasteiger partial charge < -0.3 is 4.74 Å². The molecule has 2 aromatic carbocycles. The zero-order valence-electron chi connectivity index (χ0n) is 12.8. The van der Waals surface area contributed by atoms with E-state index in [4.69, 9.17) is 16.3 Å². The summed E-state index contributed by atoms with van der Waals surface area (Å²) in [6.45, 7) is 2.28. The van der Waals surface area contributed by atoms with Crippen LogP contribution < -0.4 is 4.74 Å². The third-order valence-electron chi connectivity index (χ3n) is 3.36.